The summed E-state index contributed by atoms with van der Waals surface area (Å²) in [5.41, 5.74) is 12.1. The van der Waals surface area contributed by atoms with Gasteiger partial charge < -0.3 is 8.83 Å². The first-order valence-corrected chi connectivity index (χ1v) is 18.8. The zero-order valence-corrected chi connectivity index (χ0v) is 30.1. The average molecular weight is 721 g/mol. The number of aromatic nitrogens is 2. The van der Waals surface area contributed by atoms with Crippen LogP contribution >= 0.6 is 0 Å². The van der Waals surface area contributed by atoms with E-state index in [0.29, 0.717) is 11.7 Å². The number of hydrogen-bond donors (Lipinski definition) is 0. The Hall–Kier alpha value is -7.44. The van der Waals surface area contributed by atoms with E-state index in [1.807, 2.05) is 72.8 Å². The van der Waals surface area contributed by atoms with E-state index in [1.165, 1.54) is 5.56 Å². The van der Waals surface area contributed by atoms with Crippen molar-refractivity contribution < 1.29 is 8.83 Å². The molecule has 0 N–H and O–H groups in total. The highest BCUT2D eigenvalue weighted by Crippen LogP contribution is 2.39. The molecule has 0 radical (unpaired) electrons. The minimum Gasteiger partial charge on any atom is -0.456 e. The maximum absolute atomic E-state index is 6.43. The fourth-order valence-electron chi connectivity index (χ4n) is 7.81. The standard InChI is InChI=1S/C50H32N4O2/c1-5-13-31(14-6-1)41-28-42(32-15-7-2-8-16-32)52-49(51-41)35-21-23-45-37(25-35)39-27-40-38-26-36(22-24-46(38)56-48(40)30-47(39)55-45)50-53-43(33-17-9-3-10-18-33)29-44(54-50)34-19-11-4-12-20-34/h1-28,30,43H,29H2. The molecule has 0 aliphatic carbocycles. The van der Waals surface area contributed by atoms with E-state index in [9.17, 15) is 0 Å². The van der Waals surface area contributed by atoms with Gasteiger partial charge in [-0.3, -0.25) is 4.99 Å². The number of amidine groups is 1. The summed E-state index contributed by atoms with van der Waals surface area (Å²) < 4.78 is 12.8. The molecule has 1 aliphatic heterocycles. The number of fused-ring (bicyclic) bond motifs is 6. The van der Waals surface area contributed by atoms with Gasteiger partial charge in [0, 0.05) is 56.3 Å². The Morgan fingerprint density at radius 1 is 0.411 bits per heavy atom. The minimum atomic E-state index is -0.0389. The van der Waals surface area contributed by atoms with Crippen molar-refractivity contribution >= 4 is 55.4 Å². The van der Waals surface area contributed by atoms with Gasteiger partial charge in [-0.2, -0.15) is 0 Å². The summed E-state index contributed by atoms with van der Waals surface area (Å²) in [4.78, 5) is 20.5. The first-order chi connectivity index (χ1) is 27.7. The lowest BCUT2D eigenvalue weighted by Gasteiger charge is -2.21. The van der Waals surface area contributed by atoms with Gasteiger partial charge >= 0.3 is 0 Å². The third-order valence-corrected chi connectivity index (χ3v) is 10.6. The number of benzene rings is 7. The van der Waals surface area contributed by atoms with Crippen molar-refractivity contribution in [2.75, 3.05) is 0 Å². The summed E-state index contributed by atoms with van der Waals surface area (Å²) in [6.07, 6.45) is 0.733. The molecule has 6 heteroatoms. The summed E-state index contributed by atoms with van der Waals surface area (Å²) >= 11 is 0. The lowest BCUT2D eigenvalue weighted by molar-refractivity contribution is 0.656. The Balaban J connectivity index is 1.04. The van der Waals surface area contributed by atoms with Crippen LogP contribution in [0.5, 0.6) is 0 Å². The summed E-state index contributed by atoms with van der Waals surface area (Å²) in [5.74, 6) is 1.37. The van der Waals surface area contributed by atoms with Crippen LogP contribution in [0.1, 0.15) is 29.2 Å². The van der Waals surface area contributed by atoms with Gasteiger partial charge in [-0.15, -0.1) is 0 Å². The maximum atomic E-state index is 6.43. The van der Waals surface area contributed by atoms with E-state index in [-0.39, 0.29) is 6.04 Å². The molecular weight excluding hydrogens is 689 g/mol. The zero-order chi connectivity index (χ0) is 37.0. The van der Waals surface area contributed by atoms with E-state index in [0.717, 1.165) is 95.2 Å². The van der Waals surface area contributed by atoms with Crippen molar-refractivity contribution in [2.24, 2.45) is 9.98 Å². The molecular formula is C50H32N4O2. The van der Waals surface area contributed by atoms with E-state index in [2.05, 4.69) is 103 Å². The van der Waals surface area contributed by atoms with E-state index in [1.54, 1.807) is 0 Å². The highest BCUT2D eigenvalue weighted by molar-refractivity contribution is 6.18. The van der Waals surface area contributed by atoms with Gasteiger partial charge in [-0.05, 0) is 59.7 Å². The number of hydrogen-bond acceptors (Lipinski definition) is 6. The second-order valence-corrected chi connectivity index (χ2v) is 14.2. The van der Waals surface area contributed by atoms with Crippen LogP contribution in [-0.2, 0) is 0 Å². The lowest BCUT2D eigenvalue weighted by Crippen LogP contribution is -2.17. The molecule has 0 spiro atoms. The number of rotatable bonds is 6. The molecule has 1 atom stereocenters. The van der Waals surface area contributed by atoms with Gasteiger partial charge in [0.25, 0.3) is 0 Å². The lowest BCUT2D eigenvalue weighted by atomic mass is 9.95. The van der Waals surface area contributed by atoms with Gasteiger partial charge in [0.1, 0.15) is 22.3 Å². The smallest absolute Gasteiger partial charge is 0.160 e. The monoisotopic (exact) mass is 720 g/mol. The maximum Gasteiger partial charge on any atom is 0.160 e. The van der Waals surface area contributed by atoms with Crippen molar-refractivity contribution in [2.45, 2.75) is 12.5 Å². The third kappa shape index (κ3) is 5.67. The molecule has 4 heterocycles. The van der Waals surface area contributed by atoms with Crippen molar-refractivity contribution in [1.29, 1.82) is 0 Å². The molecule has 10 aromatic rings. The van der Waals surface area contributed by atoms with Crippen molar-refractivity contribution in [3.05, 3.63) is 193 Å². The van der Waals surface area contributed by atoms with Crippen molar-refractivity contribution in [3.8, 4) is 33.9 Å². The molecule has 0 saturated heterocycles. The van der Waals surface area contributed by atoms with Crippen LogP contribution < -0.4 is 0 Å². The molecule has 264 valence electrons. The highest BCUT2D eigenvalue weighted by Gasteiger charge is 2.23. The third-order valence-electron chi connectivity index (χ3n) is 10.6. The largest absolute Gasteiger partial charge is 0.456 e. The van der Waals surface area contributed by atoms with Crippen LogP contribution in [0.3, 0.4) is 0 Å². The van der Waals surface area contributed by atoms with E-state index in [4.69, 9.17) is 28.8 Å². The Morgan fingerprint density at radius 2 is 0.911 bits per heavy atom. The Labute approximate surface area is 322 Å². The van der Waals surface area contributed by atoms with Gasteiger partial charge in [0.15, 0.2) is 11.7 Å². The normalized spacial score (nSPS) is 14.4. The van der Waals surface area contributed by atoms with Gasteiger partial charge in [0.05, 0.1) is 23.1 Å². The molecule has 0 bridgehead atoms. The second-order valence-electron chi connectivity index (χ2n) is 14.2. The second kappa shape index (κ2) is 13.1. The van der Waals surface area contributed by atoms with Crippen LogP contribution in [0.25, 0.3) is 77.8 Å². The number of furan rings is 2. The average Bonchev–Trinajstić information content (AvgIpc) is 3.82. The first-order valence-electron chi connectivity index (χ1n) is 18.8. The Morgan fingerprint density at radius 3 is 1.50 bits per heavy atom. The molecule has 0 amide bonds. The van der Waals surface area contributed by atoms with Crippen LogP contribution in [0, 0.1) is 0 Å². The molecule has 0 saturated carbocycles. The minimum absolute atomic E-state index is 0.0389. The molecule has 7 aromatic carbocycles. The van der Waals surface area contributed by atoms with Gasteiger partial charge in [-0.1, -0.05) is 121 Å². The van der Waals surface area contributed by atoms with E-state index >= 15 is 0 Å². The fourth-order valence-corrected chi connectivity index (χ4v) is 7.81. The predicted octanol–water partition coefficient (Wildman–Crippen LogP) is 12.7. The van der Waals surface area contributed by atoms with Crippen molar-refractivity contribution in [3.63, 3.8) is 0 Å². The Bertz CT molecular complexity index is 3090. The van der Waals surface area contributed by atoms with Crippen LogP contribution in [-0.4, -0.2) is 21.5 Å². The van der Waals surface area contributed by atoms with Crippen LogP contribution in [0.4, 0.5) is 0 Å². The SMILES string of the molecule is c1ccc(C2=NC(c3ccc4oc5cc6oc7ccc(-c8nc(-c9ccccc9)cc(-c9ccccc9)n8)cc7c6cc5c4c3)=NC(c3ccccc3)C2)cc1. The first kappa shape index (κ1) is 32.0. The molecule has 6 nitrogen and oxygen atoms in total. The summed E-state index contributed by atoms with van der Waals surface area (Å²) in [6.45, 7) is 0. The van der Waals surface area contributed by atoms with Crippen LogP contribution in [0.2, 0.25) is 0 Å². The fraction of sp³-hybridized carbons (Fsp3) is 0.0400. The van der Waals surface area contributed by atoms with Gasteiger partial charge in [0.2, 0.25) is 0 Å². The predicted molar refractivity (Wildman–Crippen MR) is 226 cm³/mol. The zero-order valence-electron chi connectivity index (χ0n) is 30.1. The topological polar surface area (TPSA) is 76.8 Å². The molecule has 1 unspecified atom stereocenters. The summed E-state index contributed by atoms with van der Waals surface area (Å²) in [5, 5.41) is 3.98. The molecule has 3 aromatic heterocycles. The summed E-state index contributed by atoms with van der Waals surface area (Å²) in [7, 11) is 0. The van der Waals surface area contributed by atoms with Crippen molar-refractivity contribution in [1.82, 2.24) is 9.97 Å². The molecule has 56 heavy (non-hydrogen) atoms. The van der Waals surface area contributed by atoms with Gasteiger partial charge in [-0.25, -0.2) is 15.0 Å². The van der Waals surface area contributed by atoms with E-state index < -0.39 is 0 Å². The number of aliphatic imine (C=N–C) groups is 2. The molecule has 0 fully saturated rings. The van der Waals surface area contributed by atoms with Crippen LogP contribution in [0.15, 0.2) is 195 Å². The quantitative estimate of drug-likeness (QED) is 0.171. The number of nitrogens with zero attached hydrogens (tertiary/aromatic N) is 4. The molecule has 1 aliphatic rings. The molecule has 11 rings (SSSR count). The highest BCUT2D eigenvalue weighted by atomic mass is 16.3. The Kier molecular flexibility index (Phi) is 7.52. The summed E-state index contributed by atoms with van der Waals surface area (Å²) in [6, 6.07) is 60.0.